The van der Waals surface area contributed by atoms with Gasteiger partial charge in [-0.05, 0) is 25.3 Å². The summed E-state index contributed by atoms with van der Waals surface area (Å²) < 4.78 is 5.34. The van der Waals surface area contributed by atoms with Gasteiger partial charge in [-0.2, -0.15) is 0 Å². The van der Waals surface area contributed by atoms with E-state index in [4.69, 9.17) is 4.74 Å². The molecule has 4 atom stereocenters. The van der Waals surface area contributed by atoms with Crippen LogP contribution < -0.4 is 5.32 Å². The number of carbonyl (C=O) groups excluding carboxylic acids is 3. The fourth-order valence-corrected chi connectivity index (χ4v) is 4.14. The lowest BCUT2D eigenvalue weighted by Gasteiger charge is -2.31. The van der Waals surface area contributed by atoms with Crippen molar-refractivity contribution < 1.29 is 19.1 Å². The van der Waals surface area contributed by atoms with Crippen LogP contribution in [0, 0.1) is 17.8 Å². The van der Waals surface area contributed by atoms with Gasteiger partial charge >= 0.3 is 5.97 Å². The molecule has 3 rings (SSSR count). The first-order chi connectivity index (χ1) is 13.5. The molecule has 1 saturated carbocycles. The quantitative estimate of drug-likeness (QED) is 0.579. The summed E-state index contributed by atoms with van der Waals surface area (Å²) in [5.74, 6) is -1.69. The Bertz CT molecular complexity index is 744. The molecule has 2 fully saturated rings. The van der Waals surface area contributed by atoms with Crippen molar-refractivity contribution in [3.05, 3.63) is 48.6 Å². The van der Waals surface area contributed by atoms with Gasteiger partial charge in [-0.15, -0.1) is 6.58 Å². The van der Waals surface area contributed by atoms with E-state index in [0.29, 0.717) is 6.54 Å². The van der Waals surface area contributed by atoms with Crippen molar-refractivity contribution in [3.63, 3.8) is 0 Å². The van der Waals surface area contributed by atoms with E-state index < -0.39 is 18.0 Å². The van der Waals surface area contributed by atoms with Crippen LogP contribution in [-0.4, -0.2) is 41.9 Å². The van der Waals surface area contributed by atoms with Crippen LogP contribution in [0.25, 0.3) is 0 Å². The Morgan fingerprint density at radius 2 is 1.93 bits per heavy atom. The van der Waals surface area contributed by atoms with Gasteiger partial charge in [0.25, 0.3) is 0 Å². The van der Waals surface area contributed by atoms with Crippen molar-refractivity contribution in [2.24, 2.45) is 17.8 Å². The third-order valence-electron chi connectivity index (χ3n) is 5.57. The number of likely N-dealkylation sites (tertiary alicyclic amines) is 1. The molecule has 1 aliphatic carbocycles. The van der Waals surface area contributed by atoms with Gasteiger partial charge in [-0.25, -0.2) is 0 Å². The Hall–Kier alpha value is -2.63. The van der Waals surface area contributed by atoms with Crippen LogP contribution in [-0.2, 0) is 19.1 Å². The molecule has 1 N–H and O–H groups in total. The van der Waals surface area contributed by atoms with Crippen molar-refractivity contribution in [1.29, 1.82) is 0 Å². The average Bonchev–Trinajstić information content (AvgIpc) is 3.49. The van der Waals surface area contributed by atoms with Crippen LogP contribution in [0.5, 0.6) is 0 Å². The molecule has 2 amide bonds. The lowest BCUT2D eigenvalue weighted by molar-refractivity contribution is -0.150. The second-order valence-electron chi connectivity index (χ2n) is 7.49. The third-order valence-corrected chi connectivity index (χ3v) is 5.57. The number of carbonyl (C=O) groups is 3. The Balaban J connectivity index is 2.05. The number of esters is 1. The molecule has 0 bridgehead atoms. The molecule has 0 aromatic heterocycles. The summed E-state index contributed by atoms with van der Waals surface area (Å²) in [7, 11) is 0. The van der Waals surface area contributed by atoms with Gasteiger partial charge in [0.05, 0.1) is 18.6 Å². The first kappa shape index (κ1) is 20.1. The minimum atomic E-state index is -0.715. The fraction of sp³-hybridized carbons (Fsp3) is 0.500. The minimum Gasteiger partial charge on any atom is -0.466 e. The van der Waals surface area contributed by atoms with Crippen molar-refractivity contribution in [2.45, 2.75) is 38.8 Å². The smallest absolute Gasteiger partial charge is 0.311 e. The van der Waals surface area contributed by atoms with Crippen LogP contribution in [0.2, 0.25) is 0 Å². The number of ether oxygens (including phenoxy) is 1. The van der Waals surface area contributed by atoms with Gasteiger partial charge < -0.3 is 15.0 Å². The summed E-state index contributed by atoms with van der Waals surface area (Å²) in [4.78, 5) is 40.7. The standard InChI is InChI=1S/C22H28N2O4/c1-4-13-23-20(25)18-14(3)17(22(27)28-5-2)19(15-9-7-6-8-10-15)24(18)21(26)16-11-12-16/h4,6-10,14,16-19H,1,5,11-13H2,2-3H3,(H,23,25). The maximum Gasteiger partial charge on any atom is 0.311 e. The average molecular weight is 384 g/mol. The predicted molar refractivity (Wildman–Crippen MR) is 105 cm³/mol. The lowest BCUT2D eigenvalue weighted by atomic mass is 9.85. The number of rotatable bonds is 7. The molecular formula is C22H28N2O4. The fourth-order valence-electron chi connectivity index (χ4n) is 4.14. The largest absolute Gasteiger partial charge is 0.466 e. The number of hydrogen-bond acceptors (Lipinski definition) is 4. The first-order valence-corrected chi connectivity index (χ1v) is 9.93. The Labute approximate surface area is 165 Å². The second kappa shape index (κ2) is 8.59. The van der Waals surface area contributed by atoms with Crippen LogP contribution in [0.4, 0.5) is 0 Å². The lowest BCUT2D eigenvalue weighted by Crippen LogP contribution is -2.49. The molecule has 0 radical (unpaired) electrons. The van der Waals surface area contributed by atoms with Crippen molar-refractivity contribution in [3.8, 4) is 0 Å². The predicted octanol–water partition coefficient (Wildman–Crippen LogP) is 2.47. The monoisotopic (exact) mass is 384 g/mol. The first-order valence-electron chi connectivity index (χ1n) is 9.93. The van der Waals surface area contributed by atoms with Crippen LogP contribution in [0.3, 0.4) is 0 Å². The highest BCUT2D eigenvalue weighted by Gasteiger charge is 2.57. The minimum absolute atomic E-state index is 0.0498. The van der Waals surface area contributed by atoms with Gasteiger partial charge in [0, 0.05) is 18.4 Å². The van der Waals surface area contributed by atoms with Gasteiger partial charge in [-0.3, -0.25) is 14.4 Å². The number of nitrogens with zero attached hydrogens (tertiary/aromatic N) is 1. The second-order valence-corrected chi connectivity index (χ2v) is 7.49. The Morgan fingerprint density at radius 1 is 1.25 bits per heavy atom. The summed E-state index contributed by atoms with van der Waals surface area (Å²) in [6.45, 7) is 7.82. The number of nitrogens with one attached hydrogen (secondary N) is 1. The molecule has 2 aliphatic rings. The zero-order chi connectivity index (χ0) is 20.3. The molecule has 28 heavy (non-hydrogen) atoms. The molecule has 1 aromatic rings. The van der Waals surface area contributed by atoms with Crippen molar-refractivity contribution >= 4 is 17.8 Å². The SMILES string of the molecule is C=CCNC(=O)C1C(C)C(C(=O)OCC)C(c2ccccc2)N1C(=O)C1CC1. The topological polar surface area (TPSA) is 75.7 Å². The Kier molecular flexibility index (Phi) is 6.17. The molecule has 4 unspecified atom stereocenters. The zero-order valence-electron chi connectivity index (χ0n) is 16.5. The van der Waals surface area contributed by atoms with E-state index >= 15 is 0 Å². The van der Waals surface area contributed by atoms with Crippen LogP contribution >= 0.6 is 0 Å². The van der Waals surface area contributed by atoms with E-state index in [2.05, 4.69) is 11.9 Å². The van der Waals surface area contributed by atoms with Crippen molar-refractivity contribution in [1.82, 2.24) is 10.2 Å². The normalized spacial score (nSPS) is 26.6. The summed E-state index contributed by atoms with van der Waals surface area (Å²) >= 11 is 0. The highest BCUT2D eigenvalue weighted by molar-refractivity contribution is 5.92. The van der Waals surface area contributed by atoms with E-state index in [1.165, 1.54) is 0 Å². The van der Waals surface area contributed by atoms with Gasteiger partial charge in [0.2, 0.25) is 11.8 Å². The highest BCUT2D eigenvalue weighted by atomic mass is 16.5. The van der Waals surface area contributed by atoms with Gasteiger partial charge in [0.15, 0.2) is 0 Å². The van der Waals surface area contributed by atoms with Gasteiger partial charge in [0.1, 0.15) is 6.04 Å². The molecule has 1 aromatic carbocycles. The molecule has 6 heteroatoms. The molecule has 150 valence electrons. The van der Waals surface area contributed by atoms with Crippen LogP contribution in [0.15, 0.2) is 43.0 Å². The van der Waals surface area contributed by atoms with E-state index in [9.17, 15) is 14.4 Å². The molecular weight excluding hydrogens is 356 g/mol. The summed E-state index contributed by atoms with van der Waals surface area (Å²) in [6, 6.07) is 8.24. The van der Waals surface area contributed by atoms with E-state index in [-0.39, 0.29) is 36.2 Å². The van der Waals surface area contributed by atoms with Gasteiger partial charge in [-0.1, -0.05) is 43.3 Å². The van der Waals surface area contributed by atoms with E-state index in [0.717, 1.165) is 18.4 Å². The Morgan fingerprint density at radius 3 is 2.50 bits per heavy atom. The third kappa shape index (κ3) is 3.81. The molecule has 1 heterocycles. The number of amides is 2. The van der Waals surface area contributed by atoms with E-state index in [1.54, 1.807) is 17.9 Å². The molecule has 0 spiro atoms. The summed E-state index contributed by atoms with van der Waals surface area (Å²) in [6.07, 6.45) is 3.26. The van der Waals surface area contributed by atoms with E-state index in [1.807, 2.05) is 37.3 Å². The highest BCUT2D eigenvalue weighted by Crippen LogP contribution is 2.48. The molecule has 1 saturated heterocycles. The maximum atomic E-state index is 13.2. The summed E-state index contributed by atoms with van der Waals surface area (Å²) in [5.41, 5.74) is 0.848. The van der Waals surface area contributed by atoms with Crippen molar-refractivity contribution in [2.75, 3.05) is 13.2 Å². The number of benzene rings is 1. The number of hydrogen-bond donors (Lipinski definition) is 1. The molecule has 1 aliphatic heterocycles. The molecule has 6 nitrogen and oxygen atoms in total. The maximum absolute atomic E-state index is 13.2. The van der Waals surface area contributed by atoms with Crippen LogP contribution in [0.1, 0.15) is 38.3 Å². The summed E-state index contributed by atoms with van der Waals surface area (Å²) in [5, 5.41) is 2.81. The zero-order valence-corrected chi connectivity index (χ0v) is 16.5.